The lowest BCUT2D eigenvalue weighted by molar-refractivity contribution is -0.131. The summed E-state index contributed by atoms with van der Waals surface area (Å²) in [6, 6.07) is 0. The second kappa shape index (κ2) is 5.87. The van der Waals surface area contributed by atoms with Crippen molar-refractivity contribution in [3.8, 4) is 0 Å². The molecule has 1 fully saturated rings. The highest BCUT2D eigenvalue weighted by Gasteiger charge is 2.31. The normalized spacial score (nSPS) is 25.0. The standard InChI is InChI=1S/C10H18N6O2/c1-15-4-2-9(17)8(6-15)10(18)11-3-5-16-7-12-13-14-16/h7-9,17H,2-6H2,1H3,(H,11,18)/t8-,9-/m1/s1. The Morgan fingerprint density at radius 1 is 1.61 bits per heavy atom. The van der Waals surface area contributed by atoms with Crippen LogP contribution in [-0.2, 0) is 11.3 Å². The minimum Gasteiger partial charge on any atom is -0.392 e. The van der Waals surface area contributed by atoms with E-state index in [1.54, 1.807) is 4.68 Å². The van der Waals surface area contributed by atoms with E-state index < -0.39 is 6.10 Å². The highest BCUT2D eigenvalue weighted by Crippen LogP contribution is 2.15. The molecule has 1 aromatic heterocycles. The van der Waals surface area contributed by atoms with E-state index in [4.69, 9.17) is 0 Å². The number of likely N-dealkylation sites (tertiary alicyclic amines) is 1. The highest BCUT2D eigenvalue weighted by atomic mass is 16.3. The Balaban J connectivity index is 1.76. The summed E-state index contributed by atoms with van der Waals surface area (Å²) in [7, 11) is 1.95. The van der Waals surface area contributed by atoms with Crippen molar-refractivity contribution >= 4 is 5.91 Å². The molecule has 100 valence electrons. The van der Waals surface area contributed by atoms with Gasteiger partial charge in [-0.2, -0.15) is 0 Å². The SMILES string of the molecule is CN1CC[C@@H](O)[C@H](C(=O)NCCn2cnnn2)C1. The van der Waals surface area contributed by atoms with E-state index in [1.165, 1.54) is 6.33 Å². The third-order valence-corrected chi connectivity index (χ3v) is 3.15. The first-order chi connectivity index (χ1) is 8.66. The van der Waals surface area contributed by atoms with Crippen molar-refractivity contribution in [2.45, 2.75) is 19.1 Å². The molecule has 1 saturated heterocycles. The van der Waals surface area contributed by atoms with Crippen LogP contribution in [0.5, 0.6) is 0 Å². The summed E-state index contributed by atoms with van der Waals surface area (Å²) < 4.78 is 1.55. The Labute approximate surface area is 105 Å². The van der Waals surface area contributed by atoms with Crippen LogP contribution in [0.4, 0.5) is 0 Å². The van der Waals surface area contributed by atoms with Gasteiger partial charge in [-0.25, -0.2) is 4.68 Å². The molecule has 8 heteroatoms. The molecule has 2 heterocycles. The van der Waals surface area contributed by atoms with Gasteiger partial charge in [-0.3, -0.25) is 4.79 Å². The number of carbonyl (C=O) groups is 1. The fraction of sp³-hybridized carbons (Fsp3) is 0.800. The van der Waals surface area contributed by atoms with Crippen molar-refractivity contribution in [1.29, 1.82) is 0 Å². The summed E-state index contributed by atoms with van der Waals surface area (Å²) in [4.78, 5) is 14.0. The third-order valence-electron chi connectivity index (χ3n) is 3.15. The molecule has 0 radical (unpaired) electrons. The molecule has 0 saturated carbocycles. The fourth-order valence-electron chi connectivity index (χ4n) is 2.07. The number of aliphatic hydroxyl groups is 1. The maximum absolute atomic E-state index is 11.9. The Hall–Kier alpha value is -1.54. The topological polar surface area (TPSA) is 96.2 Å². The van der Waals surface area contributed by atoms with Crippen molar-refractivity contribution in [2.75, 3.05) is 26.7 Å². The molecule has 1 amide bonds. The number of hydrogen-bond donors (Lipinski definition) is 2. The van der Waals surface area contributed by atoms with Crippen LogP contribution in [0.3, 0.4) is 0 Å². The molecule has 2 N–H and O–H groups in total. The van der Waals surface area contributed by atoms with Crippen molar-refractivity contribution in [3.63, 3.8) is 0 Å². The highest BCUT2D eigenvalue weighted by molar-refractivity contribution is 5.79. The van der Waals surface area contributed by atoms with Gasteiger partial charge in [0.05, 0.1) is 18.6 Å². The van der Waals surface area contributed by atoms with E-state index in [0.717, 1.165) is 6.54 Å². The van der Waals surface area contributed by atoms with Gasteiger partial charge in [0, 0.05) is 19.6 Å². The Morgan fingerprint density at radius 3 is 3.17 bits per heavy atom. The predicted molar refractivity (Wildman–Crippen MR) is 62.4 cm³/mol. The zero-order valence-corrected chi connectivity index (χ0v) is 10.4. The van der Waals surface area contributed by atoms with Gasteiger partial charge in [-0.1, -0.05) is 0 Å². The Kier molecular flexibility index (Phi) is 4.21. The van der Waals surface area contributed by atoms with Crippen molar-refractivity contribution in [1.82, 2.24) is 30.4 Å². The first-order valence-corrected chi connectivity index (χ1v) is 6.02. The van der Waals surface area contributed by atoms with E-state index in [-0.39, 0.29) is 11.8 Å². The zero-order valence-electron chi connectivity index (χ0n) is 10.4. The number of tetrazole rings is 1. The predicted octanol–water partition coefficient (Wildman–Crippen LogP) is -1.90. The average Bonchev–Trinajstić information content (AvgIpc) is 2.85. The molecule has 1 aliphatic heterocycles. The van der Waals surface area contributed by atoms with Gasteiger partial charge in [-0.15, -0.1) is 5.10 Å². The summed E-state index contributed by atoms with van der Waals surface area (Å²) in [5, 5.41) is 23.3. The molecule has 0 spiro atoms. The van der Waals surface area contributed by atoms with Crippen LogP contribution < -0.4 is 5.32 Å². The van der Waals surface area contributed by atoms with Crippen LogP contribution in [0.1, 0.15) is 6.42 Å². The Bertz CT molecular complexity index is 382. The second-order valence-electron chi connectivity index (χ2n) is 4.59. The molecular weight excluding hydrogens is 236 g/mol. The lowest BCUT2D eigenvalue weighted by Gasteiger charge is -2.32. The Morgan fingerprint density at radius 2 is 2.44 bits per heavy atom. The first-order valence-electron chi connectivity index (χ1n) is 6.02. The lowest BCUT2D eigenvalue weighted by atomic mass is 9.94. The number of carbonyl (C=O) groups excluding carboxylic acids is 1. The largest absolute Gasteiger partial charge is 0.392 e. The van der Waals surface area contributed by atoms with E-state index in [0.29, 0.717) is 26.1 Å². The van der Waals surface area contributed by atoms with E-state index >= 15 is 0 Å². The summed E-state index contributed by atoms with van der Waals surface area (Å²) in [5.74, 6) is -0.459. The number of nitrogens with zero attached hydrogens (tertiary/aromatic N) is 5. The van der Waals surface area contributed by atoms with Gasteiger partial charge >= 0.3 is 0 Å². The number of rotatable bonds is 4. The summed E-state index contributed by atoms with van der Waals surface area (Å²) in [5.41, 5.74) is 0. The smallest absolute Gasteiger partial charge is 0.227 e. The lowest BCUT2D eigenvalue weighted by Crippen LogP contribution is -2.49. The van der Waals surface area contributed by atoms with Gasteiger partial charge in [-0.05, 0) is 23.9 Å². The summed E-state index contributed by atoms with van der Waals surface area (Å²) in [6.45, 7) is 2.40. The van der Waals surface area contributed by atoms with Crippen molar-refractivity contribution in [2.24, 2.45) is 5.92 Å². The van der Waals surface area contributed by atoms with E-state index in [2.05, 4.69) is 25.7 Å². The molecule has 0 unspecified atom stereocenters. The molecule has 2 atom stereocenters. The molecule has 0 aromatic carbocycles. The quantitative estimate of drug-likeness (QED) is 0.651. The van der Waals surface area contributed by atoms with Gasteiger partial charge in [0.15, 0.2) is 0 Å². The van der Waals surface area contributed by atoms with Gasteiger partial charge < -0.3 is 15.3 Å². The number of aliphatic hydroxyl groups excluding tert-OH is 1. The molecule has 1 aromatic rings. The maximum atomic E-state index is 11.9. The van der Waals surface area contributed by atoms with Crippen LogP contribution in [0, 0.1) is 5.92 Å². The maximum Gasteiger partial charge on any atom is 0.227 e. The van der Waals surface area contributed by atoms with Gasteiger partial charge in [0.2, 0.25) is 5.91 Å². The van der Waals surface area contributed by atoms with Crippen LogP contribution in [-0.4, -0.2) is 68.9 Å². The van der Waals surface area contributed by atoms with E-state index in [1.807, 2.05) is 7.05 Å². The first kappa shape index (κ1) is 12.9. The molecule has 18 heavy (non-hydrogen) atoms. The number of nitrogens with one attached hydrogen (secondary N) is 1. The van der Waals surface area contributed by atoms with Gasteiger partial charge in [0.1, 0.15) is 6.33 Å². The number of piperidine rings is 1. The van der Waals surface area contributed by atoms with Crippen LogP contribution in [0.25, 0.3) is 0 Å². The average molecular weight is 254 g/mol. The molecular formula is C10H18N6O2. The van der Waals surface area contributed by atoms with E-state index in [9.17, 15) is 9.90 Å². The second-order valence-corrected chi connectivity index (χ2v) is 4.59. The van der Waals surface area contributed by atoms with Crippen molar-refractivity contribution < 1.29 is 9.90 Å². The molecule has 8 nitrogen and oxygen atoms in total. The zero-order chi connectivity index (χ0) is 13.0. The molecule has 2 rings (SSSR count). The van der Waals surface area contributed by atoms with Crippen LogP contribution in [0.2, 0.25) is 0 Å². The van der Waals surface area contributed by atoms with Crippen molar-refractivity contribution in [3.05, 3.63) is 6.33 Å². The molecule has 0 bridgehead atoms. The molecule has 0 aliphatic carbocycles. The number of hydrogen-bond acceptors (Lipinski definition) is 6. The number of aromatic nitrogens is 4. The minimum absolute atomic E-state index is 0.109. The molecule has 1 aliphatic rings. The van der Waals surface area contributed by atoms with Gasteiger partial charge in [0.25, 0.3) is 0 Å². The van der Waals surface area contributed by atoms with Crippen LogP contribution >= 0.6 is 0 Å². The number of amides is 1. The van der Waals surface area contributed by atoms with Crippen LogP contribution in [0.15, 0.2) is 6.33 Å². The third kappa shape index (κ3) is 3.23. The fourth-order valence-corrected chi connectivity index (χ4v) is 2.07. The summed E-state index contributed by atoms with van der Waals surface area (Å²) >= 11 is 0. The monoisotopic (exact) mass is 254 g/mol. The summed E-state index contributed by atoms with van der Waals surface area (Å²) in [6.07, 6.45) is 1.59. The minimum atomic E-state index is -0.547.